The van der Waals surface area contributed by atoms with Crippen molar-refractivity contribution in [3.63, 3.8) is 0 Å². The van der Waals surface area contributed by atoms with E-state index in [1.165, 1.54) is 0 Å². The third-order valence-electron chi connectivity index (χ3n) is 3.45. The fourth-order valence-electron chi connectivity index (χ4n) is 2.08. The first-order chi connectivity index (χ1) is 10.5. The van der Waals surface area contributed by atoms with Gasteiger partial charge in [0.1, 0.15) is 6.67 Å². The summed E-state index contributed by atoms with van der Waals surface area (Å²) in [5.74, 6) is -0.782. The third-order valence-corrected chi connectivity index (χ3v) is 4.67. The van der Waals surface area contributed by atoms with E-state index < -0.39 is 23.5 Å². The molecule has 1 aromatic heterocycles. The maximum Gasteiger partial charge on any atom is 0.253 e. The predicted molar refractivity (Wildman–Crippen MR) is 89.4 cm³/mol. The number of aromatic nitrogens is 1. The average molecular weight is 361 g/mol. The zero-order valence-electron chi connectivity index (χ0n) is 11.8. The van der Waals surface area contributed by atoms with Crippen LogP contribution in [0.15, 0.2) is 36.0 Å². The molecular formula is C15H15Cl2FN2OS. The molecule has 3 nitrogen and oxygen atoms in total. The highest BCUT2D eigenvalue weighted by atomic mass is 35.5. The van der Waals surface area contributed by atoms with Crippen molar-refractivity contribution in [2.24, 2.45) is 0 Å². The quantitative estimate of drug-likeness (QED) is 0.785. The molecule has 1 heterocycles. The van der Waals surface area contributed by atoms with E-state index in [4.69, 9.17) is 23.2 Å². The van der Waals surface area contributed by atoms with Gasteiger partial charge in [0, 0.05) is 12.1 Å². The lowest BCUT2D eigenvalue weighted by molar-refractivity contribution is -0.120. The van der Waals surface area contributed by atoms with Crippen LogP contribution in [0.1, 0.15) is 18.4 Å². The Balaban J connectivity index is 2.10. The van der Waals surface area contributed by atoms with Gasteiger partial charge in [-0.2, -0.15) is 0 Å². The summed E-state index contributed by atoms with van der Waals surface area (Å²) in [5.41, 5.74) is 3.76. The van der Waals surface area contributed by atoms with Gasteiger partial charge in [0.2, 0.25) is 0 Å². The minimum Gasteiger partial charge on any atom is -0.348 e. The number of hydrogen-bond donors (Lipinski definition) is 1. The molecule has 22 heavy (non-hydrogen) atoms. The van der Waals surface area contributed by atoms with Crippen LogP contribution in [0.4, 0.5) is 4.39 Å². The molecule has 0 fully saturated rings. The normalized spacial score (nSPS) is 13.9. The summed E-state index contributed by atoms with van der Waals surface area (Å²) in [5, 5.41) is 2.52. The summed E-state index contributed by atoms with van der Waals surface area (Å²) < 4.78 is 13.2. The highest BCUT2D eigenvalue weighted by Crippen LogP contribution is 2.27. The molecule has 7 heteroatoms. The van der Waals surface area contributed by atoms with Crippen molar-refractivity contribution in [3.8, 4) is 10.4 Å². The smallest absolute Gasteiger partial charge is 0.253 e. The van der Waals surface area contributed by atoms with Crippen molar-refractivity contribution in [2.45, 2.75) is 23.7 Å². The van der Waals surface area contributed by atoms with Crippen molar-refractivity contribution in [3.05, 3.63) is 41.5 Å². The Morgan fingerprint density at radius 1 is 1.36 bits per heavy atom. The molecule has 1 amide bonds. The molecule has 0 saturated heterocycles. The Labute approximate surface area is 142 Å². The largest absolute Gasteiger partial charge is 0.348 e. The molecule has 0 aliphatic carbocycles. The van der Waals surface area contributed by atoms with E-state index in [2.05, 4.69) is 10.3 Å². The van der Waals surface area contributed by atoms with Crippen LogP contribution in [-0.2, 0) is 4.79 Å². The van der Waals surface area contributed by atoms with Crippen molar-refractivity contribution < 1.29 is 9.18 Å². The number of carbonyl (C=O) groups is 1. The molecule has 0 spiro atoms. The highest BCUT2D eigenvalue weighted by molar-refractivity contribution is 7.13. The lowest BCUT2D eigenvalue weighted by Gasteiger charge is -2.23. The lowest BCUT2D eigenvalue weighted by atomic mass is 9.93. The highest BCUT2D eigenvalue weighted by Gasteiger charge is 2.23. The first kappa shape index (κ1) is 17.2. The molecule has 118 valence electrons. The second-order valence-electron chi connectivity index (χ2n) is 4.85. The predicted octanol–water partition coefficient (Wildman–Crippen LogP) is 4.17. The van der Waals surface area contributed by atoms with Gasteiger partial charge < -0.3 is 5.32 Å². The van der Waals surface area contributed by atoms with Crippen LogP contribution in [0.2, 0.25) is 0 Å². The molecule has 0 unspecified atom stereocenters. The molecule has 1 N–H and O–H groups in total. The number of halogens is 3. The SMILES string of the molecule is C[C@H](c1ccc(-c2cncs2)cc1)[C@@H](CF)NC(=O)C(Cl)Cl. The molecule has 2 atom stereocenters. The van der Waals surface area contributed by atoms with Crippen molar-refractivity contribution in [1.82, 2.24) is 10.3 Å². The van der Waals surface area contributed by atoms with Gasteiger partial charge in [-0.05, 0) is 11.1 Å². The number of benzene rings is 1. The topological polar surface area (TPSA) is 42.0 Å². The molecule has 0 radical (unpaired) electrons. The summed E-state index contributed by atoms with van der Waals surface area (Å²) in [6.07, 6.45) is 1.80. The molecule has 0 saturated carbocycles. The Morgan fingerprint density at radius 3 is 2.55 bits per heavy atom. The fraction of sp³-hybridized carbons (Fsp3) is 0.333. The Bertz CT molecular complexity index is 605. The molecule has 2 rings (SSSR count). The van der Waals surface area contributed by atoms with Crippen LogP contribution in [0.3, 0.4) is 0 Å². The van der Waals surface area contributed by atoms with Gasteiger partial charge >= 0.3 is 0 Å². The number of hydrogen-bond acceptors (Lipinski definition) is 3. The van der Waals surface area contributed by atoms with Crippen LogP contribution in [0.25, 0.3) is 10.4 Å². The second-order valence-corrected chi connectivity index (χ2v) is 6.83. The number of nitrogens with zero attached hydrogens (tertiary/aromatic N) is 1. The van der Waals surface area contributed by atoms with E-state index in [0.717, 1.165) is 16.0 Å². The van der Waals surface area contributed by atoms with Crippen LogP contribution < -0.4 is 5.32 Å². The van der Waals surface area contributed by atoms with E-state index in [-0.39, 0.29) is 5.92 Å². The van der Waals surface area contributed by atoms with E-state index in [1.807, 2.05) is 31.2 Å². The summed E-state index contributed by atoms with van der Waals surface area (Å²) in [7, 11) is 0. The van der Waals surface area contributed by atoms with Crippen LogP contribution in [0.5, 0.6) is 0 Å². The van der Waals surface area contributed by atoms with Crippen molar-refractivity contribution in [2.75, 3.05) is 6.67 Å². The Hall–Kier alpha value is -1.17. The fourth-order valence-corrected chi connectivity index (χ4v) is 2.84. The Morgan fingerprint density at radius 2 is 2.05 bits per heavy atom. The molecule has 2 aromatic rings. The minimum absolute atomic E-state index is 0.198. The van der Waals surface area contributed by atoms with Crippen LogP contribution >= 0.6 is 34.5 Å². The molecule has 0 aliphatic rings. The second kappa shape index (κ2) is 7.90. The first-order valence-electron chi connectivity index (χ1n) is 6.66. The number of nitrogens with one attached hydrogen (secondary N) is 1. The maximum atomic E-state index is 13.2. The number of thiazole rings is 1. The van der Waals surface area contributed by atoms with Gasteiger partial charge in [0.25, 0.3) is 5.91 Å². The first-order valence-corrected chi connectivity index (χ1v) is 8.41. The summed E-state index contributed by atoms with van der Waals surface area (Å²) in [4.78, 5) is 15.4. The number of alkyl halides is 3. The van der Waals surface area contributed by atoms with Crippen molar-refractivity contribution in [1.29, 1.82) is 0 Å². The summed E-state index contributed by atoms with van der Waals surface area (Å²) in [6, 6.07) is 7.10. The summed E-state index contributed by atoms with van der Waals surface area (Å²) in [6.45, 7) is 1.16. The number of carbonyl (C=O) groups excluding carboxylic acids is 1. The van der Waals surface area contributed by atoms with E-state index in [0.29, 0.717) is 0 Å². The van der Waals surface area contributed by atoms with Gasteiger partial charge in [0.15, 0.2) is 4.84 Å². The van der Waals surface area contributed by atoms with E-state index in [1.54, 1.807) is 23.0 Å². The molecule has 0 aliphatic heterocycles. The number of amides is 1. The Kier molecular flexibility index (Phi) is 6.17. The third kappa shape index (κ3) is 4.18. The monoisotopic (exact) mass is 360 g/mol. The minimum atomic E-state index is -1.20. The van der Waals surface area contributed by atoms with Gasteiger partial charge in [-0.3, -0.25) is 9.78 Å². The van der Waals surface area contributed by atoms with Gasteiger partial charge in [-0.15, -0.1) is 11.3 Å². The van der Waals surface area contributed by atoms with Crippen molar-refractivity contribution >= 4 is 40.4 Å². The van der Waals surface area contributed by atoms with E-state index in [9.17, 15) is 9.18 Å². The molecular weight excluding hydrogens is 346 g/mol. The number of rotatable bonds is 6. The van der Waals surface area contributed by atoms with E-state index >= 15 is 0 Å². The molecule has 1 aromatic carbocycles. The lowest BCUT2D eigenvalue weighted by Crippen LogP contribution is -2.42. The van der Waals surface area contributed by atoms with Crippen LogP contribution in [-0.4, -0.2) is 28.4 Å². The average Bonchev–Trinajstić information content (AvgIpc) is 3.06. The summed E-state index contributed by atoms with van der Waals surface area (Å²) >= 11 is 12.5. The van der Waals surface area contributed by atoms with Gasteiger partial charge in [-0.1, -0.05) is 54.4 Å². The zero-order valence-corrected chi connectivity index (χ0v) is 14.1. The maximum absolute atomic E-state index is 13.2. The van der Waals surface area contributed by atoms with Gasteiger partial charge in [0.05, 0.1) is 16.4 Å². The molecule has 0 bridgehead atoms. The zero-order chi connectivity index (χ0) is 16.1. The van der Waals surface area contributed by atoms with Crippen LogP contribution in [0, 0.1) is 0 Å². The van der Waals surface area contributed by atoms with Gasteiger partial charge in [-0.25, -0.2) is 4.39 Å². The standard InChI is InChI=1S/C15H15Cl2FN2OS/c1-9(12(6-18)20-15(21)14(16)17)10-2-4-11(5-3-10)13-7-19-8-22-13/h2-5,7-9,12,14H,6H2,1H3,(H,20,21)/t9-,12-/m1/s1.